The normalized spacial score (nSPS) is 15.7. The second-order valence-corrected chi connectivity index (χ2v) is 8.41. The second-order valence-electron chi connectivity index (χ2n) is 8.41. The number of carbonyl (C=O) groups excluding carboxylic acids is 1. The molecule has 0 spiro atoms. The molecule has 1 aliphatic heterocycles. The number of rotatable bonds is 6. The number of aromatic carboxylic acids is 1. The van der Waals surface area contributed by atoms with Crippen LogP contribution in [0.1, 0.15) is 33.2 Å². The van der Waals surface area contributed by atoms with Gasteiger partial charge in [-0.3, -0.25) is 4.79 Å². The Hall–Kier alpha value is -4.07. The average Bonchev–Trinajstić information content (AvgIpc) is 2.84. The van der Waals surface area contributed by atoms with Crippen LogP contribution >= 0.6 is 0 Å². The van der Waals surface area contributed by atoms with Crippen molar-refractivity contribution in [3.8, 4) is 5.75 Å². The summed E-state index contributed by atoms with van der Waals surface area (Å²) in [6.45, 7) is 6.23. The summed E-state index contributed by atoms with van der Waals surface area (Å²) in [5, 5.41) is 12.6. The van der Waals surface area contributed by atoms with E-state index in [0.29, 0.717) is 35.9 Å². The Kier molecular flexibility index (Phi) is 6.67. The number of hydrogen-bond donors (Lipinski definition) is 2. The van der Waals surface area contributed by atoms with E-state index in [4.69, 9.17) is 4.74 Å². The lowest BCUT2D eigenvalue weighted by Gasteiger charge is -2.42. The highest BCUT2D eigenvalue weighted by atomic mass is 16.5. The predicted molar refractivity (Wildman–Crippen MR) is 132 cm³/mol. The van der Waals surface area contributed by atoms with Gasteiger partial charge in [-0.2, -0.15) is 0 Å². The fourth-order valence-electron chi connectivity index (χ4n) is 4.22. The third kappa shape index (κ3) is 4.96. The number of aromatic nitrogens is 1. The molecule has 0 unspecified atom stereocenters. The number of hydrogen-bond acceptors (Lipinski definition) is 6. The van der Waals surface area contributed by atoms with Gasteiger partial charge >= 0.3 is 5.97 Å². The molecule has 0 aliphatic carbocycles. The van der Waals surface area contributed by atoms with E-state index in [1.165, 1.54) is 17.8 Å². The molecule has 0 saturated carbocycles. The summed E-state index contributed by atoms with van der Waals surface area (Å²) >= 11 is 0. The molecule has 1 aromatic heterocycles. The van der Waals surface area contributed by atoms with Gasteiger partial charge in [0.25, 0.3) is 5.91 Å². The minimum absolute atomic E-state index is 0.0590. The molecule has 1 aliphatic rings. The molecule has 1 atom stereocenters. The fourth-order valence-corrected chi connectivity index (χ4v) is 4.22. The van der Waals surface area contributed by atoms with E-state index >= 15 is 0 Å². The molecule has 0 radical (unpaired) electrons. The lowest BCUT2D eigenvalue weighted by Crippen LogP contribution is -2.52. The van der Waals surface area contributed by atoms with Crippen molar-refractivity contribution in [2.24, 2.45) is 0 Å². The third-order valence-electron chi connectivity index (χ3n) is 5.97. The Bertz CT molecular complexity index is 1200. The number of carboxylic acid groups (broad SMARTS) is 1. The van der Waals surface area contributed by atoms with Crippen molar-refractivity contribution in [2.75, 3.05) is 41.9 Å². The first-order valence-electron chi connectivity index (χ1n) is 11.1. The third-order valence-corrected chi connectivity index (χ3v) is 5.97. The van der Waals surface area contributed by atoms with Gasteiger partial charge in [-0.05, 0) is 61.9 Å². The number of aryl methyl sites for hydroxylation is 1. The standard InChI is InChI=1S/C26H28N4O4/c1-17-5-4-6-21(13-17)30-12-11-29(16-18(30)2)24-23(26(32)33)14-20(15-27-24)28-25(31)19-7-9-22(34-3)10-8-19/h4-10,13-15,18H,11-12,16H2,1-3H3,(H,28,31)(H,32,33)/t18-/m0/s1. The van der Waals surface area contributed by atoms with Crippen LogP contribution in [-0.2, 0) is 0 Å². The number of carboxylic acids is 1. The van der Waals surface area contributed by atoms with Crippen LogP contribution in [0.5, 0.6) is 5.75 Å². The van der Waals surface area contributed by atoms with Gasteiger partial charge in [0, 0.05) is 36.9 Å². The van der Waals surface area contributed by atoms with Crippen molar-refractivity contribution in [3.05, 3.63) is 77.5 Å². The highest BCUT2D eigenvalue weighted by Crippen LogP contribution is 2.27. The number of amides is 1. The summed E-state index contributed by atoms with van der Waals surface area (Å²) in [4.78, 5) is 33.4. The predicted octanol–water partition coefficient (Wildman–Crippen LogP) is 4.06. The Morgan fingerprint density at radius 1 is 1.12 bits per heavy atom. The van der Waals surface area contributed by atoms with Gasteiger partial charge < -0.3 is 25.0 Å². The summed E-state index contributed by atoms with van der Waals surface area (Å²) in [5.74, 6) is -0.385. The number of benzene rings is 2. The number of anilines is 3. The maximum atomic E-state index is 12.6. The van der Waals surface area contributed by atoms with Crippen LogP contribution in [0.4, 0.5) is 17.2 Å². The van der Waals surface area contributed by atoms with Gasteiger partial charge in [0.15, 0.2) is 0 Å². The molecule has 1 saturated heterocycles. The van der Waals surface area contributed by atoms with Crippen LogP contribution in [0.3, 0.4) is 0 Å². The van der Waals surface area contributed by atoms with Crippen LogP contribution in [0.25, 0.3) is 0 Å². The Morgan fingerprint density at radius 3 is 2.53 bits per heavy atom. The molecule has 3 aromatic rings. The molecule has 1 fully saturated rings. The molecule has 8 heteroatoms. The summed E-state index contributed by atoms with van der Waals surface area (Å²) in [6.07, 6.45) is 1.50. The van der Waals surface area contributed by atoms with E-state index in [2.05, 4.69) is 47.2 Å². The van der Waals surface area contributed by atoms with E-state index in [1.807, 2.05) is 11.0 Å². The first kappa shape index (κ1) is 23.1. The zero-order valence-corrected chi connectivity index (χ0v) is 19.5. The first-order valence-corrected chi connectivity index (χ1v) is 11.1. The summed E-state index contributed by atoms with van der Waals surface area (Å²) in [6, 6.07) is 16.7. The van der Waals surface area contributed by atoms with Crippen LogP contribution in [0.15, 0.2) is 60.8 Å². The lowest BCUT2D eigenvalue weighted by atomic mass is 10.1. The lowest BCUT2D eigenvalue weighted by molar-refractivity contribution is 0.0696. The second kappa shape index (κ2) is 9.82. The zero-order valence-electron chi connectivity index (χ0n) is 19.5. The molecular weight excluding hydrogens is 432 g/mol. The minimum Gasteiger partial charge on any atom is -0.497 e. The summed E-state index contributed by atoms with van der Waals surface area (Å²) in [5.41, 5.74) is 3.18. The molecule has 2 heterocycles. The topological polar surface area (TPSA) is 95.0 Å². The van der Waals surface area contributed by atoms with Gasteiger partial charge in [0.1, 0.15) is 17.1 Å². The monoisotopic (exact) mass is 460 g/mol. The number of carbonyl (C=O) groups is 2. The highest BCUT2D eigenvalue weighted by Gasteiger charge is 2.28. The number of nitrogens with one attached hydrogen (secondary N) is 1. The Morgan fingerprint density at radius 2 is 1.88 bits per heavy atom. The van der Waals surface area contributed by atoms with Gasteiger partial charge in [-0.15, -0.1) is 0 Å². The van der Waals surface area contributed by atoms with Gasteiger partial charge in [-0.1, -0.05) is 12.1 Å². The molecule has 4 rings (SSSR count). The summed E-state index contributed by atoms with van der Waals surface area (Å²) < 4.78 is 5.11. The Balaban J connectivity index is 1.50. The number of piperazine rings is 1. The molecule has 1 amide bonds. The molecule has 8 nitrogen and oxygen atoms in total. The van der Waals surface area contributed by atoms with Crippen molar-refractivity contribution >= 4 is 29.1 Å². The molecular formula is C26H28N4O4. The van der Waals surface area contributed by atoms with Crippen molar-refractivity contribution in [1.82, 2.24) is 4.98 Å². The molecule has 2 N–H and O–H groups in total. The van der Waals surface area contributed by atoms with Gasteiger partial charge in [-0.25, -0.2) is 9.78 Å². The van der Waals surface area contributed by atoms with Crippen molar-refractivity contribution in [2.45, 2.75) is 19.9 Å². The van der Waals surface area contributed by atoms with E-state index < -0.39 is 5.97 Å². The van der Waals surface area contributed by atoms with Crippen molar-refractivity contribution < 1.29 is 19.4 Å². The zero-order chi connectivity index (χ0) is 24.2. The number of nitrogens with zero attached hydrogens (tertiary/aromatic N) is 3. The largest absolute Gasteiger partial charge is 0.497 e. The maximum Gasteiger partial charge on any atom is 0.339 e. The highest BCUT2D eigenvalue weighted by molar-refractivity contribution is 6.05. The van der Waals surface area contributed by atoms with E-state index in [0.717, 1.165) is 12.2 Å². The van der Waals surface area contributed by atoms with Crippen LogP contribution < -0.4 is 19.9 Å². The molecule has 176 valence electrons. The average molecular weight is 461 g/mol. The van der Waals surface area contributed by atoms with E-state index in [-0.39, 0.29) is 17.5 Å². The van der Waals surface area contributed by atoms with E-state index in [1.54, 1.807) is 31.4 Å². The van der Waals surface area contributed by atoms with Crippen molar-refractivity contribution in [1.29, 1.82) is 0 Å². The van der Waals surface area contributed by atoms with Crippen LogP contribution in [-0.4, -0.2) is 54.8 Å². The smallest absolute Gasteiger partial charge is 0.339 e. The first-order chi connectivity index (χ1) is 16.4. The molecule has 0 bridgehead atoms. The van der Waals surface area contributed by atoms with Crippen LogP contribution in [0, 0.1) is 6.92 Å². The summed E-state index contributed by atoms with van der Waals surface area (Å²) in [7, 11) is 1.55. The van der Waals surface area contributed by atoms with Gasteiger partial charge in [0.2, 0.25) is 0 Å². The molecule has 34 heavy (non-hydrogen) atoms. The quantitative estimate of drug-likeness (QED) is 0.573. The Labute approximate surface area is 198 Å². The van der Waals surface area contributed by atoms with Crippen LogP contribution in [0.2, 0.25) is 0 Å². The van der Waals surface area contributed by atoms with E-state index in [9.17, 15) is 14.7 Å². The SMILES string of the molecule is COc1ccc(C(=O)Nc2cnc(N3CCN(c4cccc(C)c4)[C@@H](C)C3)c(C(=O)O)c2)cc1. The number of methoxy groups -OCH3 is 1. The number of ether oxygens (including phenoxy) is 1. The maximum absolute atomic E-state index is 12.6. The number of pyridine rings is 1. The minimum atomic E-state index is -1.09. The van der Waals surface area contributed by atoms with Gasteiger partial charge in [0.05, 0.1) is 19.0 Å². The fraction of sp³-hybridized carbons (Fsp3) is 0.269. The molecule has 2 aromatic carbocycles. The van der Waals surface area contributed by atoms with Crippen molar-refractivity contribution in [3.63, 3.8) is 0 Å².